The van der Waals surface area contributed by atoms with Crippen LogP contribution in [0.15, 0.2) is 18.3 Å². The fraction of sp³-hybridized carbons (Fsp3) is 0.462. The van der Waals surface area contributed by atoms with Crippen molar-refractivity contribution in [3.8, 4) is 29.5 Å². The van der Waals surface area contributed by atoms with Gasteiger partial charge in [-0.1, -0.05) is 12.8 Å². The Morgan fingerprint density at radius 3 is 2.63 bits per heavy atom. The number of hydrogen-bond acceptors (Lipinski definition) is 7. The van der Waals surface area contributed by atoms with E-state index in [1.54, 1.807) is 32.9 Å². The molecule has 9 heteroatoms. The summed E-state index contributed by atoms with van der Waals surface area (Å²) in [5.41, 5.74) is 0.0146. The number of nitrogens with one attached hydrogen (secondary N) is 1. The van der Waals surface area contributed by atoms with Crippen LogP contribution in [0.5, 0.6) is 11.6 Å². The van der Waals surface area contributed by atoms with Crippen LogP contribution in [0, 0.1) is 29.1 Å². The van der Waals surface area contributed by atoms with Gasteiger partial charge in [0, 0.05) is 41.3 Å². The number of amides is 1. The lowest BCUT2D eigenvalue weighted by Gasteiger charge is -2.18. The van der Waals surface area contributed by atoms with Gasteiger partial charge in [-0.3, -0.25) is 4.79 Å². The van der Waals surface area contributed by atoms with Crippen LogP contribution in [0.25, 0.3) is 10.8 Å². The predicted octanol–water partition coefficient (Wildman–Crippen LogP) is 3.44. The second kappa shape index (κ2) is 10.6. The number of carbonyl (C=O) groups is 2. The number of alkyl halides is 1. The maximum atomic E-state index is 14.1. The van der Waals surface area contributed by atoms with Crippen LogP contribution < -0.4 is 14.8 Å². The van der Waals surface area contributed by atoms with Crippen LogP contribution in [-0.4, -0.2) is 48.4 Å². The Bertz CT molecular complexity index is 1240. The highest BCUT2D eigenvalue weighted by molar-refractivity contribution is 5.96. The molecule has 184 valence electrons. The maximum absolute atomic E-state index is 14.1. The quantitative estimate of drug-likeness (QED) is 0.497. The molecule has 3 rings (SSSR count). The van der Waals surface area contributed by atoms with Gasteiger partial charge < -0.3 is 19.5 Å². The largest absolute Gasteiger partial charge is 0.495 e. The van der Waals surface area contributed by atoms with Crippen LogP contribution in [0.1, 0.15) is 51.7 Å². The van der Waals surface area contributed by atoms with E-state index in [4.69, 9.17) is 14.2 Å². The predicted molar refractivity (Wildman–Crippen MR) is 126 cm³/mol. The Kier molecular flexibility index (Phi) is 7.81. The lowest BCUT2D eigenvalue weighted by atomic mass is 9.94. The number of nitrogens with zero attached hydrogens (tertiary/aromatic N) is 2. The van der Waals surface area contributed by atoms with Crippen molar-refractivity contribution >= 4 is 22.6 Å². The van der Waals surface area contributed by atoms with Gasteiger partial charge in [0.2, 0.25) is 5.88 Å². The molecule has 1 aliphatic heterocycles. The zero-order chi connectivity index (χ0) is 25.8. The lowest BCUT2D eigenvalue weighted by molar-refractivity contribution is -0.147. The molecular weight excluding hydrogens is 453 g/mol. The molecule has 0 bridgehead atoms. The summed E-state index contributed by atoms with van der Waals surface area (Å²) in [6, 6.07) is 4.97. The smallest absolute Gasteiger partial charge is 0.385 e. The summed E-state index contributed by atoms with van der Waals surface area (Å²) < 4.78 is 30.5. The van der Waals surface area contributed by atoms with Crippen LogP contribution in [0.3, 0.4) is 0 Å². The SMILES string of the molecule is CC[C@@H]1[C@H](F)C(=O)N[C@@H]1CCOc1ncc(C#CC(=O)OC(C)(C)C)c2cc(C#N)c(OC)cc12. The molecule has 0 aliphatic carbocycles. The molecule has 0 unspecified atom stereocenters. The number of nitriles is 1. The van der Waals surface area contributed by atoms with Gasteiger partial charge >= 0.3 is 5.97 Å². The number of aromatic nitrogens is 1. The summed E-state index contributed by atoms with van der Waals surface area (Å²) in [4.78, 5) is 28.1. The highest BCUT2D eigenvalue weighted by atomic mass is 19.1. The summed E-state index contributed by atoms with van der Waals surface area (Å²) in [5, 5.41) is 13.3. The van der Waals surface area contributed by atoms with Gasteiger partial charge in [-0.25, -0.2) is 14.2 Å². The normalized spacial score (nSPS) is 19.3. The third-order valence-corrected chi connectivity index (χ3v) is 5.60. The van der Waals surface area contributed by atoms with Gasteiger partial charge in [-0.15, -0.1) is 0 Å². The van der Waals surface area contributed by atoms with E-state index in [1.165, 1.54) is 13.3 Å². The highest BCUT2D eigenvalue weighted by Crippen LogP contribution is 2.33. The monoisotopic (exact) mass is 481 g/mol. The van der Waals surface area contributed by atoms with E-state index in [9.17, 15) is 19.2 Å². The van der Waals surface area contributed by atoms with Crippen molar-refractivity contribution in [1.82, 2.24) is 10.3 Å². The minimum atomic E-state index is -1.51. The molecule has 0 saturated carbocycles. The van der Waals surface area contributed by atoms with Gasteiger partial charge in [-0.05, 0) is 39.3 Å². The summed E-state index contributed by atoms with van der Waals surface area (Å²) in [5.74, 6) is 4.14. The first-order chi connectivity index (χ1) is 16.6. The van der Waals surface area contributed by atoms with Crippen molar-refractivity contribution in [2.45, 2.75) is 58.4 Å². The zero-order valence-electron chi connectivity index (χ0n) is 20.4. The second-order valence-corrected chi connectivity index (χ2v) is 9.16. The molecule has 35 heavy (non-hydrogen) atoms. The lowest BCUT2D eigenvalue weighted by Crippen LogP contribution is -2.30. The molecular formula is C26H28FN3O5. The number of pyridine rings is 1. The molecule has 1 saturated heterocycles. The first-order valence-corrected chi connectivity index (χ1v) is 11.3. The summed E-state index contributed by atoms with van der Waals surface area (Å²) in [6.07, 6.45) is 0.874. The van der Waals surface area contributed by atoms with E-state index in [2.05, 4.69) is 28.2 Å². The van der Waals surface area contributed by atoms with Crippen molar-refractivity contribution in [3.63, 3.8) is 0 Å². The standard InChI is InChI=1S/C26H28FN3O5/c1-6-17-20(30-24(32)23(17)27)9-10-34-25-19-12-21(33-5)16(13-28)11-18(19)15(14-29-25)7-8-22(31)35-26(2,3)4/h11-12,14,17,20,23H,6,9-10H2,1-5H3,(H,30,32)/t17-,20+,23-/m0/s1. The molecule has 8 nitrogen and oxygen atoms in total. The molecule has 0 radical (unpaired) electrons. The first kappa shape index (κ1) is 25.8. The molecule has 1 aliphatic rings. The molecule has 3 atom stereocenters. The topological polar surface area (TPSA) is 111 Å². The number of halogens is 1. The molecule has 1 fully saturated rings. The van der Waals surface area contributed by atoms with Gasteiger partial charge in [-0.2, -0.15) is 5.26 Å². The summed E-state index contributed by atoms with van der Waals surface area (Å²) >= 11 is 0. The second-order valence-electron chi connectivity index (χ2n) is 9.16. The van der Waals surface area contributed by atoms with Crippen molar-refractivity contribution < 1.29 is 28.2 Å². The average molecular weight is 482 g/mol. The summed E-state index contributed by atoms with van der Waals surface area (Å²) in [6.45, 7) is 7.26. The summed E-state index contributed by atoms with van der Waals surface area (Å²) in [7, 11) is 1.45. The Labute approximate surface area is 203 Å². The number of ether oxygens (including phenoxy) is 3. The maximum Gasteiger partial charge on any atom is 0.385 e. The third-order valence-electron chi connectivity index (χ3n) is 5.60. The van der Waals surface area contributed by atoms with E-state index >= 15 is 0 Å². The fourth-order valence-electron chi connectivity index (χ4n) is 3.96. The molecule has 0 spiro atoms. The molecule has 2 aromatic rings. The van der Waals surface area contributed by atoms with E-state index in [0.717, 1.165) is 0 Å². The van der Waals surface area contributed by atoms with Gasteiger partial charge in [0.15, 0.2) is 6.17 Å². The number of fused-ring (bicyclic) bond motifs is 1. The minimum Gasteiger partial charge on any atom is -0.495 e. The molecule has 2 heterocycles. The minimum absolute atomic E-state index is 0.182. The number of esters is 1. The third kappa shape index (κ3) is 5.99. The molecule has 1 aromatic heterocycles. The highest BCUT2D eigenvalue weighted by Gasteiger charge is 2.41. The van der Waals surface area contributed by atoms with E-state index < -0.39 is 29.6 Å². The van der Waals surface area contributed by atoms with Gasteiger partial charge in [0.25, 0.3) is 5.91 Å². The Balaban J connectivity index is 1.91. The number of methoxy groups -OCH3 is 1. The fourth-order valence-corrected chi connectivity index (χ4v) is 3.96. The van der Waals surface area contributed by atoms with Gasteiger partial charge in [0.1, 0.15) is 17.4 Å². The van der Waals surface area contributed by atoms with E-state index in [0.29, 0.717) is 34.9 Å². The Hall–Kier alpha value is -3.85. The first-order valence-electron chi connectivity index (χ1n) is 11.3. The van der Waals surface area contributed by atoms with Crippen LogP contribution >= 0.6 is 0 Å². The Morgan fingerprint density at radius 2 is 2.00 bits per heavy atom. The number of rotatable bonds is 6. The number of benzene rings is 1. The van der Waals surface area contributed by atoms with Crippen molar-refractivity contribution in [2.24, 2.45) is 5.92 Å². The Morgan fingerprint density at radius 1 is 1.26 bits per heavy atom. The molecule has 1 N–H and O–H groups in total. The van der Waals surface area contributed by atoms with Crippen molar-refractivity contribution in [1.29, 1.82) is 5.26 Å². The number of carbonyl (C=O) groups excluding carboxylic acids is 2. The van der Waals surface area contributed by atoms with Crippen LogP contribution in [0.2, 0.25) is 0 Å². The van der Waals surface area contributed by atoms with Crippen molar-refractivity contribution in [2.75, 3.05) is 13.7 Å². The van der Waals surface area contributed by atoms with Gasteiger partial charge in [0.05, 0.1) is 24.8 Å². The van der Waals surface area contributed by atoms with E-state index in [-0.39, 0.29) is 24.1 Å². The number of hydrogen-bond donors (Lipinski definition) is 1. The molecule has 1 aromatic carbocycles. The van der Waals surface area contributed by atoms with Crippen LogP contribution in [0.4, 0.5) is 4.39 Å². The zero-order valence-corrected chi connectivity index (χ0v) is 20.4. The van der Waals surface area contributed by atoms with Crippen LogP contribution in [-0.2, 0) is 14.3 Å². The molecule has 1 amide bonds. The van der Waals surface area contributed by atoms with Crippen molar-refractivity contribution in [3.05, 3.63) is 29.5 Å². The average Bonchev–Trinajstić information content (AvgIpc) is 3.08. The van der Waals surface area contributed by atoms with E-state index in [1.807, 2.05) is 6.92 Å².